The van der Waals surface area contributed by atoms with Gasteiger partial charge in [0.05, 0.1) is 0 Å². The maximum absolute atomic E-state index is 11.5. The minimum absolute atomic E-state index is 0.119. The van der Waals surface area contributed by atoms with Crippen LogP contribution in [0.15, 0.2) is 24.3 Å². The fourth-order valence-corrected chi connectivity index (χ4v) is 3.15. The molecule has 26 heavy (non-hydrogen) atoms. The number of carbonyl (C=O) groups excluding carboxylic acids is 1. The van der Waals surface area contributed by atoms with E-state index in [4.69, 9.17) is 9.47 Å². The highest BCUT2D eigenvalue weighted by Crippen LogP contribution is 2.35. The molecule has 2 aliphatic rings. The maximum Gasteiger partial charge on any atom is 0.231 e. The second-order valence-electron chi connectivity index (χ2n) is 6.34. The first-order valence-electron chi connectivity index (χ1n) is 8.61. The van der Waals surface area contributed by atoms with Crippen LogP contribution in [0, 0.1) is 6.92 Å². The molecule has 0 radical (unpaired) electrons. The van der Waals surface area contributed by atoms with Crippen LogP contribution in [-0.2, 0) is 4.79 Å². The number of nitrogens with zero attached hydrogens (tertiary/aromatic N) is 4. The number of carbonyl (C=O) groups is 1. The zero-order chi connectivity index (χ0) is 18.1. The molecule has 1 saturated heterocycles. The lowest BCUT2D eigenvalue weighted by Gasteiger charge is -2.35. The largest absolute Gasteiger partial charge is 0.454 e. The van der Waals surface area contributed by atoms with E-state index in [1.807, 2.05) is 36.1 Å². The summed E-state index contributed by atoms with van der Waals surface area (Å²) in [6.07, 6.45) is 0. The Morgan fingerprint density at radius 3 is 2.62 bits per heavy atom. The first-order valence-corrected chi connectivity index (χ1v) is 8.61. The third kappa shape index (κ3) is 3.35. The number of fused-ring (bicyclic) bond motifs is 1. The van der Waals surface area contributed by atoms with Crippen molar-refractivity contribution in [3.8, 4) is 11.5 Å². The van der Waals surface area contributed by atoms with Crippen molar-refractivity contribution in [2.24, 2.45) is 0 Å². The Bertz CT molecular complexity index is 834. The van der Waals surface area contributed by atoms with Gasteiger partial charge in [0.2, 0.25) is 12.7 Å². The van der Waals surface area contributed by atoms with Gasteiger partial charge in [0, 0.05) is 50.9 Å². The standard InChI is InChI=1S/C18H21N5O3/c1-12-19-17(21-14-3-4-15-16(9-14)26-11-25-15)10-18(20-12)23-7-5-22(6-8-23)13(2)24/h3-4,9-10H,5-8,11H2,1-2H3,(H,19,20,21). The number of amides is 1. The molecule has 0 bridgehead atoms. The molecular formula is C18H21N5O3. The minimum atomic E-state index is 0.119. The van der Waals surface area contributed by atoms with Gasteiger partial charge in [-0.2, -0.15) is 0 Å². The van der Waals surface area contributed by atoms with Gasteiger partial charge in [-0.05, 0) is 19.1 Å². The quantitative estimate of drug-likeness (QED) is 0.901. The lowest BCUT2D eigenvalue weighted by molar-refractivity contribution is -0.129. The van der Waals surface area contributed by atoms with E-state index in [1.54, 1.807) is 6.92 Å². The van der Waals surface area contributed by atoms with Gasteiger partial charge < -0.3 is 24.6 Å². The molecule has 136 valence electrons. The lowest BCUT2D eigenvalue weighted by atomic mass is 10.2. The van der Waals surface area contributed by atoms with E-state index in [1.165, 1.54) is 0 Å². The van der Waals surface area contributed by atoms with E-state index in [0.29, 0.717) is 18.9 Å². The minimum Gasteiger partial charge on any atom is -0.454 e. The molecule has 2 aromatic rings. The molecule has 1 fully saturated rings. The van der Waals surface area contributed by atoms with Gasteiger partial charge >= 0.3 is 0 Å². The Morgan fingerprint density at radius 1 is 1.08 bits per heavy atom. The fraction of sp³-hybridized carbons (Fsp3) is 0.389. The Labute approximate surface area is 151 Å². The van der Waals surface area contributed by atoms with Crippen LogP contribution < -0.4 is 19.7 Å². The van der Waals surface area contributed by atoms with Crippen LogP contribution in [0.3, 0.4) is 0 Å². The molecule has 8 heteroatoms. The van der Waals surface area contributed by atoms with E-state index in [9.17, 15) is 4.79 Å². The van der Waals surface area contributed by atoms with Gasteiger partial charge in [-0.1, -0.05) is 0 Å². The Kier molecular flexibility index (Phi) is 4.24. The van der Waals surface area contributed by atoms with Crippen LogP contribution in [0.25, 0.3) is 0 Å². The average molecular weight is 355 g/mol. The average Bonchev–Trinajstić information content (AvgIpc) is 3.09. The normalized spacial score (nSPS) is 15.9. The summed E-state index contributed by atoms with van der Waals surface area (Å²) in [5.41, 5.74) is 0.875. The van der Waals surface area contributed by atoms with Crippen molar-refractivity contribution in [2.75, 3.05) is 43.2 Å². The van der Waals surface area contributed by atoms with Crippen LogP contribution in [0.2, 0.25) is 0 Å². The molecule has 2 aliphatic heterocycles. The van der Waals surface area contributed by atoms with Gasteiger partial charge in [0.25, 0.3) is 0 Å². The summed E-state index contributed by atoms with van der Waals surface area (Å²) in [6, 6.07) is 7.63. The van der Waals surface area contributed by atoms with E-state index in [2.05, 4.69) is 20.2 Å². The predicted molar refractivity (Wildman–Crippen MR) is 97.1 cm³/mol. The highest BCUT2D eigenvalue weighted by molar-refractivity contribution is 5.73. The van der Waals surface area contributed by atoms with E-state index in [0.717, 1.165) is 41.9 Å². The van der Waals surface area contributed by atoms with Gasteiger partial charge in [-0.25, -0.2) is 9.97 Å². The van der Waals surface area contributed by atoms with Gasteiger partial charge in [0.1, 0.15) is 17.5 Å². The molecule has 1 amide bonds. The van der Waals surface area contributed by atoms with Gasteiger partial charge in [0.15, 0.2) is 11.5 Å². The Morgan fingerprint density at radius 2 is 1.85 bits per heavy atom. The topological polar surface area (TPSA) is 79.8 Å². The molecule has 0 spiro atoms. The molecule has 1 N–H and O–H groups in total. The molecule has 1 aromatic carbocycles. The molecule has 8 nitrogen and oxygen atoms in total. The smallest absolute Gasteiger partial charge is 0.231 e. The Hall–Kier alpha value is -3.03. The zero-order valence-corrected chi connectivity index (χ0v) is 14.9. The number of hydrogen-bond acceptors (Lipinski definition) is 7. The van der Waals surface area contributed by atoms with Crippen molar-refractivity contribution >= 4 is 23.2 Å². The number of aryl methyl sites for hydroxylation is 1. The van der Waals surface area contributed by atoms with Gasteiger partial charge in [-0.15, -0.1) is 0 Å². The molecule has 0 aliphatic carbocycles. The summed E-state index contributed by atoms with van der Waals surface area (Å²) in [5, 5.41) is 3.30. The number of benzene rings is 1. The van der Waals surface area contributed by atoms with Crippen LogP contribution in [0.4, 0.5) is 17.3 Å². The number of piperazine rings is 1. The lowest BCUT2D eigenvalue weighted by Crippen LogP contribution is -2.48. The monoisotopic (exact) mass is 355 g/mol. The summed E-state index contributed by atoms with van der Waals surface area (Å²) in [4.78, 5) is 24.6. The first-order chi connectivity index (χ1) is 12.6. The van der Waals surface area contributed by atoms with Crippen LogP contribution in [0.5, 0.6) is 11.5 Å². The molecule has 4 rings (SSSR count). The molecule has 0 unspecified atom stereocenters. The third-order valence-electron chi connectivity index (χ3n) is 4.52. The molecular weight excluding hydrogens is 334 g/mol. The summed E-state index contributed by atoms with van der Waals surface area (Å²) < 4.78 is 10.7. The number of hydrogen-bond donors (Lipinski definition) is 1. The van der Waals surface area contributed by atoms with Gasteiger partial charge in [-0.3, -0.25) is 4.79 Å². The van der Waals surface area contributed by atoms with E-state index < -0.39 is 0 Å². The van der Waals surface area contributed by atoms with E-state index in [-0.39, 0.29) is 12.7 Å². The molecule has 3 heterocycles. The molecule has 0 atom stereocenters. The van der Waals surface area contributed by atoms with Crippen molar-refractivity contribution in [3.05, 3.63) is 30.1 Å². The molecule has 0 saturated carbocycles. The first kappa shape index (κ1) is 16.4. The number of ether oxygens (including phenoxy) is 2. The van der Waals surface area contributed by atoms with Crippen LogP contribution >= 0.6 is 0 Å². The van der Waals surface area contributed by atoms with Crippen LogP contribution in [0.1, 0.15) is 12.7 Å². The van der Waals surface area contributed by atoms with Crippen molar-refractivity contribution < 1.29 is 14.3 Å². The Balaban J connectivity index is 1.50. The predicted octanol–water partition coefficient (Wildman–Crippen LogP) is 1.93. The summed E-state index contributed by atoms with van der Waals surface area (Å²) in [5.74, 6) is 3.87. The van der Waals surface area contributed by atoms with E-state index >= 15 is 0 Å². The zero-order valence-electron chi connectivity index (χ0n) is 14.9. The van der Waals surface area contributed by atoms with Crippen molar-refractivity contribution in [3.63, 3.8) is 0 Å². The van der Waals surface area contributed by atoms with Crippen molar-refractivity contribution in [1.82, 2.24) is 14.9 Å². The highest BCUT2D eigenvalue weighted by Gasteiger charge is 2.20. The number of rotatable bonds is 3. The van der Waals surface area contributed by atoms with Crippen molar-refractivity contribution in [2.45, 2.75) is 13.8 Å². The summed E-state index contributed by atoms with van der Waals surface area (Å²) in [7, 11) is 0. The molecule has 1 aromatic heterocycles. The SMILES string of the molecule is CC(=O)N1CCN(c2cc(Nc3ccc4c(c3)OCO4)nc(C)n2)CC1. The summed E-state index contributed by atoms with van der Waals surface area (Å²) >= 11 is 0. The van der Waals surface area contributed by atoms with Crippen molar-refractivity contribution in [1.29, 1.82) is 0 Å². The number of anilines is 3. The second kappa shape index (κ2) is 6.70. The second-order valence-corrected chi connectivity index (χ2v) is 6.34. The number of nitrogens with one attached hydrogen (secondary N) is 1. The van der Waals surface area contributed by atoms with Crippen LogP contribution in [-0.4, -0.2) is 53.7 Å². The number of aromatic nitrogens is 2. The summed E-state index contributed by atoms with van der Waals surface area (Å²) in [6.45, 7) is 6.69. The fourth-order valence-electron chi connectivity index (χ4n) is 3.15. The third-order valence-corrected chi connectivity index (χ3v) is 4.52. The maximum atomic E-state index is 11.5. The highest BCUT2D eigenvalue weighted by atomic mass is 16.7.